The lowest BCUT2D eigenvalue weighted by atomic mass is 10.3. The Bertz CT molecular complexity index is 471. The summed E-state index contributed by atoms with van der Waals surface area (Å²) in [6.07, 6.45) is 2.64. The summed E-state index contributed by atoms with van der Waals surface area (Å²) in [5.41, 5.74) is 3.65. The molecule has 0 aromatic carbocycles. The van der Waals surface area contributed by atoms with Crippen LogP contribution >= 0.6 is 0 Å². The minimum absolute atomic E-state index is 0.674. The van der Waals surface area contributed by atoms with E-state index >= 15 is 0 Å². The first-order chi connectivity index (χ1) is 6.22. The van der Waals surface area contributed by atoms with Gasteiger partial charge in [-0.15, -0.1) is 0 Å². The van der Waals surface area contributed by atoms with E-state index in [0.29, 0.717) is 5.56 Å². The maximum absolute atomic E-state index is 10.5. The summed E-state index contributed by atoms with van der Waals surface area (Å²) in [5.74, 6) is 0. The van der Waals surface area contributed by atoms with Gasteiger partial charge in [0.25, 0.3) is 0 Å². The van der Waals surface area contributed by atoms with Crippen LogP contribution in [0.5, 0.6) is 0 Å². The molecule has 2 aromatic heterocycles. The van der Waals surface area contributed by atoms with E-state index in [4.69, 9.17) is 0 Å². The SMILES string of the molecule is Cc1nc2ccc(C=O)cn2c1C. The minimum atomic E-state index is 0.674. The smallest absolute Gasteiger partial charge is 0.151 e. The van der Waals surface area contributed by atoms with Gasteiger partial charge in [-0.2, -0.15) is 0 Å². The second-order valence-electron chi connectivity index (χ2n) is 3.09. The van der Waals surface area contributed by atoms with Crippen molar-refractivity contribution in [1.82, 2.24) is 9.38 Å². The molecule has 3 nitrogen and oxygen atoms in total. The summed E-state index contributed by atoms with van der Waals surface area (Å²) < 4.78 is 1.93. The molecule has 0 amide bonds. The molecule has 3 heteroatoms. The van der Waals surface area contributed by atoms with Crippen molar-refractivity contribution in [2.75, 3.05) is 0 Å². The number of imidazole rings is 1. The number of fused-ring (bicyclic) bond motifs is 1. The van der Waals surface area contributed by atoms with E-state index in [0.717, 1.165) is 23.3 Å². The van der Waals surface area contributed by atoms with E-state index in [1.165, 1.54) is 0 Å². The van der Waals surface area contributed by atoms with Crippen molar-refractivity contribution in [2.24, 2.45) is 0 Å². The van der Waals surface area contributed by atoms with Crippen molar-refractivity contribution in [2.45, 2.75) is 13.8 Å². The minimum Gasteiger partial charge on any atom is -0.303 e. The molecule has 0 fully saturated rings. The van der Waals surface area contributed by atoms with E-state index in [9.17, 15) is 4.79 Å². The summed E-state index contributed by atoms with van der Waals surface area (Å²) in [6.45, 7) is 3.95. The molecule has 2 heterocycles. The highest BCUT2D eigenvalue weighted by molar-refractivity contribution is 5.75. The van der Waals surface area contributed by atoms with Gasteiger partial charge in [-0.3, -0.25) is 4.79 Å². The highest BCUT2D eigenvalue weighted by Crippen LogP contribution is 2.11. The Morgan fingerprint density at radius 2 is 2.15 bits per heavy atom. The van der Waals surface area contributed by atoms with Crippen LogP contribution < -0.4 is 0 Å². The first kappa shape index (κ1) is 7.98. The Labute approximate surface area is 76.0 Å². The van der Waals surface area contributed by atoms with Crippen LogP contribution in [0, 0.1) is 13.8 Å². The second-order valence-corrected chi connectivity index (χ2v) is 3.09. The number of hydrogen-bond acceptors (Lipinski definition) is 2. The Kier molecular flexibility index (Phi) is 1.65. The topological polar surface area (TPSA) is 34.4 Å². The normalized spacial score (nSPS) is 10.6. The van der Waals surface area contributed by atoms with E-state index in [1.807, 2.05) is 24.3 Å². The number of hydrogen-bond donors (Lipinski definition) is 0. The van der Waals surface area contributed by atoms with Crippen LogP contribution in [0.15, 0.2) is 18.3 Å². The van der Waals surface area contributed by atoms with Crippen LogP contribution in [0.1, 0.15) is 21.7 Å². The Morgan fingerprint density at radius 1 is 1.38 bits per heavy atom. The first-order valence-electron chi connectivity index (χ1n) is 4.13. The molecule has 0 bridgehead atoms. The van der Waals surface area contributed by atoms with Crippen LogP contribution in [0.4, 0.5) is 0 Å². The zero-order chi connectivity index (χ0) is 9.42. The molecule has 0 radical (unpaired) electrons. The number of pyridine rings is 1. The Balaban J connectivity index is 2.81. The standard InChI is InChI=1S/C10H10N2O/c1-7-8(2)12-5-9(6-13)3-4-10(12)11-7/h3-6H,1-2H3. The largest absolute Gasteiger partial charge is 0.303 e. The molecule has 0 aliphatic rings. The summed E-state index contributed by atoms with van der Waals surface area (Å²) in [6, 6.07) is 3.62. The molecule has 0 spiro atoms. The molecule has 2 aromatic rings. The van der Waals surface area contributed by atoms with Gasteiger partial charge in [-0.05, 0) is 26.0 Å². The molecule has 0 saturated carbocycles. The molecule has 0 atom stereocenters. The zero-order valence-corrected chi connectivity index (χ0v) is 7.61. The van der Waals surface area contributed by atoms with Gasteiger partial charge in [-0.1, -0.05) is 0 Å². The molecule has 0 N–H and O–H groups in total. The molecule has 0 aliphatic carbocycles. The molecule has 0 aliphatic heterocycles. The molecule has 66 valence electrons. The van der Waals surface area contributed by atoms with Crippen LogP contribution in [0.2, 0.25) is 0 Å². The van der Waals surface area contributed by atoms with Gasteiger partial charge in [0.05, 0.1) is 5.69 Å². The number of carbonyl (C=O) groups excluding carboxylic acids is 1. The predicted molar refractivity (Wildman–Crippen MR) is 50.1 cm³/mol. The lowest BCUT2D eigenvalue weighted by Gasteiger charge is -1.96. The number of rotatable bonds is 1. The zero-order valence-electron chi connectivity index (χ0n) is 7.61. The van der Waals surface area contributed by atoms with Gasteiger partial charge in [0.1, 0.15) is 5.65 Å². The third-order valence-corrected chi connectivity index (χ3v) is 2.25. The molecule has 2 rings (SSSR count). The maximum atomic E-state index is 10.5. The van der Waals surface area contributed by atoms with Crippen LogP contribution in [-0.2, 0) is 0 Å². The van der Waals surface area contributed by atoms with Crippen molar-refractivity contribution < 1.29 is 4.79 Å². The fourth-order valence-electron chi connectivity index (χ4n) is 1.37. The molecular formula is C10H10N2O. The summed E-state index contributed by atoms with van der Waals surface area (Å²) in [5, 5.41) is 0. The maximum Gasteiger partial charge on any atom is 0.151 e. The molecule has 13 heavy (non-hydrogen) atoms. The van der Waals surface area contributed by atoms with E-state index in [2.05, 4.69) is 4.98 Å². The van der Waals surface area contributed by atoms with Crippen LogP contribution in [0.3, 0.4) is 0 Å². The van der Waals surface area contributed by atoms with E-state index in [-0.39, 0.29) is 0 Å². The highest BCUT2D eigenvalue weighted by atomic mass is 16.1. The number of aryl methyl sites for hydroxylation is 2. The number of aldehydes is 1. The lowest BCUT2D eigenvalue weighted by Crippen LogP contribution is -1.90. The summed E-state index contributed by atoms with van der Waals surface area (Å²) in [7, 11) is 0. The van der Waals surface area contributed by atoms with Crippen molar-refractivity contribution in [3.05, 3.63) is 35.3 Å². The number of carbonyl (C=O) groups is 1. The average Bonchev–Trinajstić information content (AvgIpc) is 2.43. The monoisotopic (exact) mass is 174 g/mol. The van der Waals surface area contributed by atoms with Crippen LogP contribution in [0.25, 0.3) is 5.65 Å². The number of nitrogens with zero attached hydrogens (tertiary/aromatic N) is 2. The third kappa shape index (κ3) is 1.13. The third-order valence-electron chi connectivity index (χ3n) is 2.25. The van der Waals surface area contributed by atoms with E-state index < -0.39 is 0 Å². The van der Waals surface area contributed by atoms with Crippen molar-refractivity contribution >= 4 is 11.9 Å². The van der Waals surface area contributed by atoms with Gasteiger partial charge in [-0.25, -0.2) is 4.98 Å². The van der Waals surface area contributed by atoms with Crippen molar-refractivity contribution in [3.8, 4) is 0 Å². The fraction of sp³-hybridized carbons (Fsp3) is 0.200. The Morgan fingerprint density at radius 3 is 2.85 bits per heavy atom. The lowest BCUT2D eigenvalue weighted by molar-refractivity contribution is 0.112. The van der Waals surface area contributed by atoms with Crippen molar-refractivity contribution in [3.63, 3.8) is 0 Å². The summed E-state index contributed by atoms with van der Waals surface area (Å²) >= 11 is 0. The average molecular weight is 174 g/mol. The molecule has 0 saturated heterocycles. The van der Waals surface area contributed by atoms with Gasteiger partial charge in [0, 0.05) is 17.5 Å². The second kappa shape index (κ2) is 2.69. The fourth-order valence-corrected chi connectivity index (χ4v) is 1.37. The highest BCUT2D eigenvalue weighted by Gasteiger charge is 2.03. The Hall–Kier alpha value is -1.64. The molecular weight excluding hydrogens is 164 g/mol. The first-order valence-corrected chi connectivity index (χ1v) is 4.13. The van der Waals surface area contributed by atoms with Gasteiger partial charge in [0.15, 0.2) is 6.29 Å². The van der Waals surface area contributed by atoms with Gasteiger partial charge < -0.3 is 4.40 Å². The van der Waals surface area contributed by atoms with Gasteiger partial charge in [0.2, 0.25) is 0 Å². The summed E-state index contributed by atoms with van der Waals surface area (Å²) in [4.78, 5) is 14.9. The van der Waals surface area contributed by atoms with Crippen molar-refractivity contribution in [1.29, 1.82) is 0 Å². The van der Waals surface area contributed by atoms with Gasteiger partial charge >= 0.3 is 0 Å². The molecule has 0 unspecified atom stereocenters. The van der Waals surface area contributed by atoms with Crippen LogP contribution in [-0.4, -0.2) is 15.7 Å². The predicted octanol–water partition coefficient (Wildman–Crippen LogP) is 1.76. The number of aromatic nitrogens is 2. The van der Waals surface area contributed by atoms with E-state index in [1.54, 1.807) is 12.3 Å². The quantitative estimate of drug-likeness (QED) is 0.617.